The molecule has 0 N–H and O–H groups in total. The normalized spacial score (nSPS) is 16.0. The predicted octanol–water partition coefficient (Wildman–Crippen LogP) is 2.22. The molecule has 3 heteroatoms. The first-order valence-electron chi connectivity index (χ1n) is 6.26. The molecule has 0 amide bonds. The van der Waals surface area contributed by atoms with Crippen molar-refractivity contribution in [2.24, 2.45) is 0 Å². The molecule has 1 fully saturated rings. The fourth-order valence-electron chi connectivity index (χ4n) is 2.07. The molecule has 0 radical (unpaired) electrons. The van der Waals surface area contributed by atoms with Crippen molar-refractivity contribution in [3.8, 4) is 0 Å². The van der Waals surface area contributed by atoms with Crippen molar-refractivity contribution >= 4 is 5.97 Å². The zero-order chi connectivity index (χ0) is 11.9. The summed E-state index contributed by atoms with van der Waals surface area (Å²) in [6, 6.07) is 9.79. The van der Waals surface area contributed by atoms with Crippen LogP contribution in [0.4, 0.5) is 0 Å². The molecule has 1 aromatic rings. The maximum Gasteiger partial charge on any atom is 0.307 e. The van der Waals surface area contributed by atoms with Crippen LogP contribution in [0.1, 0.15) is 24.8 Å². The van der Waals surface area contributed by atoms with Crippen LogP contribution >= 0.6 is 0 Å². The van der Waals surface area contributed by atoms with Crippen molar-refractivity contribution in [1.82, 2.24) is 4.90 Å². The monoisotopic (exact) mass is 233 g/mol. The Morgan fingerprint density at radius 3 is 2.59 bits per heavy atom. The number of hydrogen-bond acceptors (Lipinski definition) is 3. The summed E-state index contributed by atoms with van der Waals surface area (Å²) in [6.07, 6.45) is 3.03. The van der Waals surface area contributed by atoms with Gasteiger partial charge in [-0.1, -0.05) is 30.3 Å². The van der Waals surface area contributed by atoms with Crippen molar-refractivity contribution in [3.63, 3.8) is 0 Å². The summed E-state index contributed by atoms with van der Waals surface area (Å²) in [5.41, 5.74) is 1.04. The third-order valence-corrected chi connectivity index (χ3v) is 3.07. The number of esters is 1. The topological polar surface area (TPSA) is 29.5 Å². The minimum atomic E-state index is -0.0965. The van der Waals surface area contributed by atoms with Crippen LogP contribution in [0.15, 0.2) is 30.3 Å². The van der Waals surface area contributed by atoms with Gasteiger partial charge in [-0.05, 0) is 31.5 Å². The smallest absolute Gasteiger partial charge is 0.307 e. The Bertz CT molecular complexity index is 344. The van der Waals surface area contributed by atoms with Gasteiger partial charge in [-0.15, -0.1) is 0 Å². The van der Waals surface area contributed by atoms with Gasteiger partial charge < -0.3 is 9.64 Å². The fourth-order valence-corrected chi connectivity index (χ4v) is 2.07. The summed E-state index contributed by atoms with van der Waals surface area (Å²) < 4.78 is 5.22. The van der Waals surface area contributed by atoms with E-state index in [2.05, 4.69) is 4.90 Å². The first-order valence-corrected chi connectivity index (χ1v) is 6.26. The van der Waals surface area contributed by atoms with Gasteiger partial charge in [0.1, 0.15) is 6.61 Å². The highest BCUT2D eigenvalue weighted by Gasteiger charge is 2.13. The van der Waals surface area contributed by atoms with E-state index in [4.69, 9.17) is 4.74 Å². The number of hydrogen-bond donors (Lipinski definition) is 0. The van der Waals surface area contributed by atoms with Crippen LogP contribution in [0.25, 0.3) is 0 Å². The van der Waals surface area contributed by atoms with Crippen molar-refractivity contribution in [3.05, 3.63) is 35.9 Å². The second-order valence-electron chi connectivity index (χ2n) is 4.45. The summed E-state index contributed by atoms with van der Waals surface area (Å²) in [5, 5.41) is 0. The highest BCUT2D eigenvalue weighted by atomic mass is 16.5. The number of carbonyl (C=O) groups excluding carboxylic acids is 1. The number of ether oxygens (including phenoxy) is 1. The van der Waals surface area contributed by atoms with Crippen molar-refractivity contribution in [1.29, 1.82) is 0 Å². The van der Waals surface area contributed by atoms with Gasteiger partial charge in [0.15, 0.2) is 0 Å². The number of carbonyl (C=O) groups is 1. The summed E-state index contributed by atoms with van der Waals surface area (Å²) in [7, 11) is 0. The Morgan fingerprint density at radius 2 is 1.88 bits per heavy atom. The number of nitrogens with zero attached hydrogens (tertiary/aromatic N) is 1. The first kappa shape index (κ1) is 12.1. The zero-order valence-corrected chi connectivity index (χ0v) is 10.1. The Kier molecular flexibility index (Phi) is 4.56. The van der Waals surface area contributed by atoms with E-state index in [1.54, 1.807) is 0 Å². The maximum absolute atomic E-state index is 11.5. The standard InChI is InChI=1S/C14H19NO2/c16-14(8-11-15-9-4-5-10-15)17-12-13-6-2-1-3-7-13/h1-3,6-7H,4-5,8-12H2. The average Bonchev–Trinajstić information content (AvgIpc) is 2.88. The summed E-state index contributed by atoms with van der Waals surface area (Å²) in [6.45, 7) is 3.49. The van der Waals surface area contributed by atoms with E-state index in [1.807, 2.05) is 30.3 Å². The minimum Gasteiger partial charge on any atom is -0.461 e. The Balaban J connectivity index is 1.64. The van der Waals surface area contributed by atoms with Gasteiger partial charge in [0.05, 0.1) is 6.42 Å². The second-order valence-corrected chi connectivity index (χ2v) is 4.45. The molecule has 3 nitrogen and oxygen atoms in total. The molecule has 1 aliphatic rings. The summed E-state index contributed by atoms with van der Waals surface area (Å²) in [5.74, 6) is -0.0965. The minimum absolute atomic E-state index is 0.0965. The van der Waals surface area contributed by atoms with E-state index in [1.165, 1.54) is 12.8 Å². The van der Waals surface area contributed by atoms with E-state index in [0.29, 0.717) is 13.0 Å². The van der Waals surface area contributed by atoms with Crippen LogP contribution in [-0.2, 0) is 16.1 Å². The predicted molar refractivity (Wildman–Crippen MR) is 66.5 cm³/mol. The molecule has 0 aliphatic carbocycles. The van der Waals surface area contributed by atoms with Gasteiger partial charge in [0.25, 0.3) is 0 Å². The highest BCUT2D eigenvalue weighted by Crippen LogP contribution is 2.08. The molecule has 1 aromatic carbocycles. The van der Waals surface area contributed by atoms with Crippen molar-refractivity contribution in [2.75, 3.05) is 19.6 Å². The lowest BCUT2D eigenvalue weighted by molar-refractivity contribution is -0.145. The van der Waals surface area contributed by atoms with Crippen LogP contribution in [0, 0.1) is 0 Å². The quantitative estimate of drug-likeness (QED) is 0.730. The molecule has 2 rings (SSSR count). The van der Waals surface area contributed by atoms with Crippen LogP contribution in [0.5, 0.6) is 0 Å². The summed E-state index contributed by atoms with van der Waals surface area (Å²) in [4.78, 5) is 13.8. The molecule has 0 spiro atoms. The number of likely N-dealkylation sites (tertiary alicyclic amines) is 1. The fraction of sp³-hybridized carbons (Fsp3) is 0.500. The molecule has 0 bridgehead atoms. The molecule has 0 atom stereocenters. The molecular formula is C14H19NO2. The second kappa shape index (κ2) is 6.40. The van der Waals surface area contributed by atoms with Gasteiger partial charge in [-0.3, -0.25) is 4.79 Å². The molecular weight excluding hydrogens is 214 g/mol. The van der Waals surface area contributed by atoms with Gasteiger partial charge in [-0.2, -0.15) is 0 Å². The first-order chi connectivity index (χ1) is 8.34. The van der Waals surface area contributed by atoms with Gasteiger partial charge in [-0.25, -0.2) is 0 Å². The lowest BCUT2D eigenvalue weighted by Crippen LogP contribution is -2.23. The van der Waals surface area contributed by atoms with Gasteiger partial charge in [0, 0.05) is 6.54 Å². The van der Waals surface area contributed by atoms with Crippen molar-refractivity contribution in [2.45, 2.75) is 25.9 Å². The van der Waals surface area contributed by atoms with Crippen LogP contribution in [0.2, 0.25) is 0 Å². The molecule has 1 heterocycles. The molecule has 0 unspecified atom stereocenters. The van der Waals surface area contributed by atoms with E-state index in [0.717, 1.165) is 25.2 Å². The van der Waals surface area contributed by atoms with E-state index in [9.17, 15) is 4.79 Å². The molecule has 0 saturated carbocycles. The van der Waals surface area contributed by atoms with Crippen LogP contribution in [-0.4, -0.2) is 30.5 Å². The third-order valence-electron chi connectivity index (χ3n) is 3.07. The lowest BCUT2D eigenvalue weighted by Gasteiger charge is -2.13. The van der Waals surface area contributed by atoms with Crippen LogP contribution in [0.3, 0.4) is 0 Å². The van der Waals surface area contributed by atoms with Crippen LogP contribution < -0.4 is 0 Å². The Hall–Kier alpha value is -1.35. The van der Waals surface area contributed by atoms with E-state index in [-0.39, 0.29) is 5.97 Å². The number of rotatable bonds is 5. The molecule has 92 valence electrons. The molecule has 1 aliphatic heterocycles. The molecule has 17 heavy (non-hydrogen) atoms. The largest absolute Gasteiger partial charge is 0.461 e. The SMILES string of the molecule is O=C(CCN1CCCC1)OCc1ccccc1. The zero-order valence-electron chi connectivity index (χ0n) is 10.1. The molecule has 0 aromatic heterocycles. The molecule has 1 saturated heterocycles. The van der Waals surface area contributed by atoms with E-state index >= 15 is 0 Å². The Morgan fingerprint density at radius 1 is 1.18 bits per heavy atom. The third kappa shape index (κ3) is 4.19. The lowest BCUT2D eigenvalue weighted by atomic mass is 10.2. The summed E-state index contributed by atoms with van der Waals surface area (Å²) >= 11 is 0. The van der Waals surface area contributed by atoms with Gasteiger partial charge in [0.2, 0.25) is 0 Å². The highest BCUT2D eigenvalue weighted by molar-refractivity contribution is 5.69. The average molecular weight is 233 g/mol. The maximum atomic E-state index is 11.5. The Labute approximate surface area is 102 Å². The number of benzene rings is 1. The van der Waals surface area contributed by atoms with Gasteiger partial charge >= 0.3 is 5.97 Å². The van der Waals surface area contributed by atoms with E-state index < -0.39 is 0 Å². The van der Waals surface area contributed by atoms with Crippen molar-refractivity contribution < 1.29 is 9.53 Å².